The topological polar surface area (TPSA) is 53.1 Å². The van der Waals surface area contributed by atoms with Crippen LogP contribution in [0.15, 0.2) is 54.6 Å². The Labute approximate surface area is 179 Å². The molecule has 4 rings (SSSR count). The quantitative estimate of drug-likeness (QED) is 0.549. The molecule has 1 aliphatic heterocycles. The molecule has 1 fully saturated rings. The molecule has 0 amide bonds. The van der Waals surface area contributed by atoms with E-state index in [9.17, 15) is 0 Å². The third kappa shape index (κ3) is 5.09. The lowest BCUT2D eigenvalue weighted by Gasteiger charge is -2.30. The standard InChI is InChI=1S/C25H31N5/c1-19-11-13-22(14-12-19)27-23-20(2)24(30-17-7-4-8-18-30)29-25(28-23)26-16-15-21-9-5-3-6-10-21/h3,5-6,9-14H,4,7-8,15-18H2,1-2H3,(H2,26,27,28,29). The van der Waals surface area contributed by atoms with E-state index < -0.39 is 0 Å². The van der Waals surface area contributed by atoms with Crippen molar-refractivity contribution in [2.24, 2.45) is 0 Å². The molecule has 0 unspecified atom stereocenters. The first kappa shape index (κ1) is 20.2. The number of anilines is 4. The molecule has 30 heavy (non-hydrogen) atoms. The summed E-state index contributed by atoms with van der Waals surface area (Å²) in [6, 6.07) is 18.9. The van der Waals surface area contributed by atoms with Crippen LogP contribution in [-0.2, 0) is 6.42 Å². The van der Waals surface area contributed by atoms with E-state index in [4.69, 9.17) is 9.97 Å². The molecule has 2 heterocycles. The van der Waals surface area contributed by atoms with Crippen LogP contribution in [-0.4, -0.2) is 29.6 Å². The largest absolute Gasteiger partial charge is 0.356 e. The smallest absolute Gasteiger partial charge is 0.226 e. The zero-order chi connectivity index (χ0) is 20.8. The van der Waals surface area contributed by atoms with Gasteiger partial charge in [0.1, 0.15) is 11.6 Å². The highest BCUT2D eigenvalue weighted by Crippen LogP contribution is 2.29. The van der Waals surface area contributed by atoms with Gasteiger partial charge in [-0.05, 0) is 57.2 Å². The summed E-state index contributed by atoms with van der Waals surface area (Å²) in [5, 5.41) is 6.96. The second kappa shape index (κ2) is 9.61. The van der Waals surface area contributed by atoms with Gasteiger partial charge in [-0.15, -0.1) is 0 Å². The fraction of sp³-hybridized carbons (Fsp3) is 0.360. The summed E-state index contributed by atoms with van der Waals surface area (Å²) in [6.07, 6.45) is 4.69. The van der Waals surface area contributed by atoms with E-state index in [0.29, 0.717) is 5.95 Å². The third-order valence-electron chi connectivity index (χ3n) is 5.63. The summed E-state index contributed by atoms with van der Waals surface area (Å²) in [4.78, 5) is 12.1. The molecule has 0 atom stereocenters. The molecule has 0 saturated carbocycles. The number of aromatic nitrogens is 2. The van der Waals surface area contributed by atoms with Crippen LogP contribution >= 0.6 is 0 Å². The van der Waals surface area contributed by atoms with E-state index in [1.54, 1.807) is 0 Å². The highest BCUT2D eigenvalue weighted by Gasteiger charge is 2.19. The minimum atomic E-state index is 0.687. The molecule has 1 aliphatic rings. The number of hydrogen-bond donors (Lipinski definition) is 2. The Hall–Kier alpha value is -3.08. The first-order chi connectivity index (χ1) is 14.7. The lowest BCUT2D eigenvalue weighted by Crippen LogP contribution is -2.31. The van der Waals surface area contributed by atoms with Crippen molar-refractivity contribution in [3.8, 4) is 0 Å². The lowest BCUT2D eigenvalue weighted by molar-refractivity contribution is 0.572. The van der Waals surface area contributed by atoms with Crippen molar-refractivity contribution < 1.29 is 0 Å². The zero-order valence-electron chi connectivity index (χ0n) is 18.0. The van der Waals surface area contributed by atoms with Crippen LogP contribution < -0.4 is 15.5 Å². The van der Waals surface area contributed by atoms with E-state index in [2.05, 4.69) is 77.9 Å². The predicted molar refractivity (Wildman–Crippen MR) is 126 cm³/mol. The number of nitrogens with zero attached hydrogens (tertiary/aromatic N) is 3. The van der Waals surface area contributed by atoms with Crippen molar-refractivity contribution in [3.05, 3.63) is 71.3 Å². The van der Waals surface area contributed by atoms with Crippen molar-refractivity contribution in [2.75, 3.05) is 35.2 Å². The summed E-state index contributed by atoms with van der Waals surface area (Å²) in [6.45, 7) is 7.14. The van der Waals surface area contributed by atoms with Gasteiger partial charge in [0.25, 0.3) is 0 Å². The van der Waals surface area contributed by atoms with Crippen LogP contribution in [0.4, 0.5) is 23.3 Å². The summed E-state index contributed by atoms with van der Waals surface area (Å²) in [5.74, 6) is 2.60. The number of rotatable bonds is 7. The highest BCUT2D eigenvalue weighted by atomic mass is 15.2. The monoisotopic (exact) mass is 401 g/mol. The summed E-state index contributed by atoms with van der Waals surface area (Å²) < 4.78 is 0. The maximum atomic E-state index is 4.91. The van der Waals surface area contributed by atoms with Crippen LogP contribution in [0.2, 0.25) is 0 Å². The van der Waals surface area contributed by atoms with E-state index >= 15 is 0 Å². The normalized spacial score (nSPS) is 13.9. The average molecular weight is 402 g/mol. The Morgan fingerprint density at radius 1 is 0.867 bits per heavy atom. The van der Waals surface area contributed by atoms with Crippen LogP contribution in [0.25, 0.3) is 0 Å². The fourth-order valence-electron chi connectivity index (χ4n) is 3.86. The molecule has 0 radical (unpaired) electrons. The first-order valence-corrected chi connectivity index (χ1v) is 10.9. The average Bonchev–Trinajstić information content (AvgIpc) is 2.78. The van der Waals surface area contributed by atoms with Gasteiger partial charge in [-0.1, -0.05) is 48.0 Å². The second-order valence-electron chi connectivity index (χ2n) is 8.05. The molecule has 2 aromatic carbocycles. The van der Waals surface area contributed by atoms with Crippen LogP contribution in [0.3, 0.4) is 0 Å². The van der Waals surface area contributed by atoms with Gasteiger partial charge in [-0.3, -0.25) is 0 Å². The Kier molecular flexibility index (Phi) is 6.47. The summed E-state index contributed by atoms with van der Waals surface area (Å²) >= 11 is 0. The molecule has 5 nitrogen and oxygen atoms in total. The molecular formula is C25H31N5. The maximum Gasteiger partial charge on any atom is 0.226 e. The Morgan fingerprint density at radius 3 is 2.33 bits per heavy atom. The molecule has 0 bridgehead atoms. The van der Waals surface area contributed by atoms with E-state index in [0.717, 1.165) is 48.9 Å². The molecule has 0 spiro atoms. The Balaban J connectivity index is 1.56. The zero-order valence-corrected chi connectivity index (χ0v) is 18.0. The van der Waals surface area contributed by atoms with Gasteiger partial charge < -0.3 is 15.5 Å². The van der Waals surface area contributed by atoms with Gasteiger partial charge in [0, 0.05) is 30.9 Å². The van der Waals surface area contributed by atoms with Gasteiger partial charge in [0.2, 0.25) is 5.95 Å². The van der Waals surface area contributed by atoms with Crippen molar-refractivity contribution in [1.29, 1.82) is 0 Å². The molecule has 1 aromatic heterocycles. The van der Waals surface area contributed by atoms with Crippen LogP contribution in [0, 0.1) is 13.8 Å². The highest BCUT2D eigenvalue weighted by molar-refractivity contribution is 5.67. The van der Waals surface area contributed by atoms with E-state index in [1.807, 2.05) is 6.07 Å². The predicted octanol–water partition coefficient (Wildman–Crippen LogP) is 5.48. The molecule has 3 aromatic rings. The molecule has 2 N–H and O–H groups in total. The van der Waals surface area contributed by atoms with Crippen LogP contribution in [0.1, 0.15) is 36.0 Å². The minimum Gasteiger partial charge on any atom is -0.356 e. The summed E-state index contributed by atoms with van der Waals surface area (Å²) in [5.41, 5.74) is 4.71. The van der Waals surface area contributed by atoms with Gasteiger partial charge in [0.15, 0.2) is 0 Å². The van der Waals surface area contributed by atoms with Crippen molar-refractivity contribution in [1.82, 2.24) is 9.97 Å². The van der Waals surface area contributed by atoms with Gasteiger partial charge >= 0.3 is 0 Å². The number of nitrogens with one attached hydrogen (secondary N) is 2. The van der Waals surface area contributed by atoms with E-state index in [-0.39, 0.29) is 0 Å². The maximum absolute atomic E-state index is 4.91. The molecule has 0 aliphatic carbocycles. The van der Waals surface area contributed by atoms with Crippen molar-refractivity contribution in [2.45, 2.75) is 39.5 Å². The summed E-state index contributed by atoms with van der Waals surface area (Å²) in [7, 11) is 0. The van der Waals surface area contributed by atoms with Crippen LogP contribution in [0.5, 0.6) is 0 Å². The Morgan fingerprint density at radius 2 is 1.60 bits per heavy atom. The Bertz CT molecular complexity index is 947. The van der Waals surface area contributed by atoms with Gasteiger partial charge in [-0.2, -0.15) is 9.97 Å². The molecule has 1 saturated heterocycles. The van der Waals surface area contributed by atoms with E-state index in [1.165, 1.54) is 30.4 Å². The van der Waals surface area contributed by atoms with Gasteiger partial charge in [0.05, 0.1) is 0 Å². The number of benzene rings is 2. The second-order valence-corrected chi connectivity index (χ2v) is 8.05. The first-order valence-electron chi connectivity index (χ1n) is 10.9. The molecule has 156 valence electrons. The lowest BCUT2D eigenvalue weighted by atomic mass is 10.1. The number of piperidine rings is 1. The molecular weight excluding hydrogens is 370 g/mol. The van der Waals surface area contributed by atoms with Gasteiger partial charge in [-0.25, -0.2) is 0 Å². The van der Waals surface area contributed by atoms with Crippen molar-refractivity contribution in [3.63, 3.8) is 0 Å². The third-order valence-corrected chi connectivity index (χ3v) is 5.63. The number of aryl methyl sites for hydroxylation is 1. The minimum absolute atomic E-state index is 0.687. The SMILES string of the molecule is Cc1ccc(Nc2nc(NCCc3ccccc3)nc(N3CCCCC3)c2C)cc1. The number of hydrogen-bond acceptors (Lipinski definition) is 5. The molecule has 5 heteroatoms. The fourth-order valence-corrected chi connectivity index (χ4v) is 3.86. The van der Waals surface area contributed by atoms with Crippen molar-refractivity contribution >= 4 is 23.3 Å².